The Bertz CT molecular complexity index is 666. The normalized spacial score (nSPS) is 14.0. The summed E-state index contributed by atoms with van der Waals surface area (Å²) >= 11 is 0. The zero-order valence-electron chi connectivity index (χ0n) is 11.5. The standard InChI is InChI=1S/C17H16FNO2/c18-14-8-13(12-6-7-12)9-15(16(14)17(20)21)19-10-11-4-2-1-3-5-11/h1-5,8-9,12,19H,6-7,10H2,(H,20,21). The second-order valence-corrected chi connectivity index (χ2v) is 5.34. The van der Waals surface area contributed by atoms with Gasteiger partial charge in [-0.2, -0.15) is 0 Å². The summed E-state index contributed by atoms with van der Waals surface area (Å²) in [5.41, 5.74) is 1.97. The van der Waals surface area contributed by atoms with Gasteiger partial charge in [0.25, 0.3) is 0 Å². The van der Waals surface area contributed by atoms with E-state index >= 15 is 0 Å². The number of hydrogen-bond donors (Lipinski definition) is 2. The van der Waals surface area contributed by atoms with Crippen LogP contribution in [0.5, 0.6) is 0 Å². The smallest absolute Gasteiger partial charge is 0.340 e. The van der Waals surface area contributed by atoms with Crippen LogP contribution in [0.3, 0.4) is 0 Å². The third-order valence-electron chi connectivity index (χ3n) is 3.70. The summed E-state index contributed by atoms with van der Waals surface area (Å²) in [5.74, 6) is -1.53. The number of nitrogens with one attached hydrogen (secondary N) is 1. The molecule has 3 nitrogen and oxygen atoms in total. The number of halogens is 1. The molecule has 0 atom stereocenters. The Kier molecular flexibility index (Phi) is 3.60. The summed E-state index contributed by atoms with van der Waals surface area (Å²) in [6, 6.07) is 12.7. The lowest BCUT2D eigenvalue weighted by Gasteiger charge is -2.13. The first-order valence-corrected chi connectivity index (χ1v) is 6.99. The third kappa shape index (κ3) is 3.05. The fourth-order valence-electron chi connectivity index (χ4n) is 2.43. The summed E-state index contributed by atoms with van der Waals surface area (Å²) in [6.45, 7) is 0.467. The van der Waals surface area contributed by atoms with Crippen molar-refractivity contribution in [2.24, 2.45) is 0 Å². The Labute approximate surface area is 122 Å². The number of rotatable bonds is 5. The van der Waals surface area contributed by atoms with E-state index in [1.54, 1.807) is 6.07 Å². The lowest BCUT2D eigenvalue weighted by molar-refractivity contribution is 0.0693. The highest BCUT2D eigenvalue weighted by Gasteiger charge is 2.27. The fraction of sp³-hybridized carbons (Fsp3) is 0.235. The van der Waals surface area contributed by atoms with Gasteiger partial charge >= 0.3 is 5.97 Å². The van der Waals surface area contributed by atoms with Crippen LogP contribution in [-0.2, 0) is 6.54 Å². The maximum atomic E-state index is 14.1. The molecule has 0 amide bonds. The average molecular weight is 285 g/mol. The van der Waals surface area contributed by atoms with Gasteiger partial charge in [0.2, 0.25) is 0 Å². The summed E-state index contributed by atoms with van der Waals surface area (Å²) in [6.07, 6.45) is 2.09. The van der Waals surface area contributed by atoms with E-state index in [-0.39, 0.29) is 5.56 Å². The molecule has 1 aliphatic carbocycles. The zero-order valence-corrected chi connectivity index (χ0v) is 11.5. The van der Waals surface area contributed by atoms with E-state index < -0.39 is 11.8 Å². The molecule has 0 heterocycles. The first-order chi connectivity index (χ1) is 10.1. The zero-order chi connectivity index (χ0) is 14.8. The summed E-state index contributed by atoms with van der Waals surface area (Å²) in [5, 5.41) is 12.3. The highest BCUT2D eigenvalue weighted by Crippen LogP contribution is 2.42. The van der Waals surface area contributed by atoms with Crippen LogP contribution in [0.4, 0.5) is 10.1 Å². The minimum absolute atomic E-state index is 0.282. The van der Waals surface area contributed by atoms with Crippen LogP contribution in [0.1, 0.15) is 40.2 Å². The van der Waals surface area contributed by atoms with Gasteiger partial charge in [-0.15, -0.1) is 0 Å². The second-order valence-electron chi connectivity index (χ2n) is 5.34. The molecule has 3 rings (SSSR count). The first-order valence-electron chi connectivity index (χ1n) is 6.99. The van der Waals surface area contributed by atoms with Crippen molar-refractivity contribution >= 4 is 11.7 Å². The summed E-state index contributed by atoms with van der Waals surface area (Å²) < 4.78 is 14.1. The molecule has 1 aliphatic rings. The maximum Gasteiger partial charge on any atom is 0.340 e. The van der Waals surface area contributed by atoms with Gasteiger partial charge in [0.1, 0.15) is 11.4 Å². The molecule has 0 aliphatic heterocycles. The number of aromatic carboxylic acids is 1. The highest BCUT2D eigenvalue weighted by molar-refractivity contribution is 5.94. The predicted octanol–water partition coefficient (Wildman–Crippen LogP) is 4.01. The molecule has 2 aromatic carbocycles. The van der Waals surface area contributed by atoms with Crippen LogP contribution in [-0.4, -0.2) is 11.1 Å². The van der Waals surface area contributed by atoms with Crippen molar-refractivity contribution in [3.05, 3.63) is 65.0 Å². The van der Waals surface area contributed by atoms with Crippen molar-refractivity contribution in [2.45, 2.75) is 25.3 Å². The quantitative estimate of drug-likeness (QED) is 0.872. The Morgan fingerprint density at radius 2 is 1.95 bits per heavy atom. The van der Waals surface area contributed by atoms with Gasteiger partial charge in [-0.1, -0.05) is 30.3 Å². The molecule has 108 valence electrons. The second kappa shape index (κ2) is 5.56. The lowest BCUT2D eigenvalue weighted by atomic mass is 10.0. The Balaban J connectivity index is 1.89. The van der Waals surface area contributed by atoms with E-state index in [0.29, 0.717) is 18.2 Å². The molecule has 0 unspecified atom stereocenters. The van der Waals surface area contributed by atoms with Gasteiger partial charge in [-0.3, -0.25) is 0 Å². The van der Waals surface area contributed by atoms with Crippen LogP contribution in [0, 0.1) is 5.82 Å². The molecule has 2 N–H and O–H groups in total. The SMILES string of the molecule is O=C(O)c1c(F)cc(C2CC2)cc1NCc1ccccc1. The van der Waals surface area contributed by atoms with Crippen molar-refractivity contribution in [1.82, 2.24) is 0 Å². The minimum atomic E-state index is -1.24. The maximum absolute atomic E-state index is 14.1. The molecule has 1 saturated carbocycles. The van der Waals surface area contributed by atoms with Gasteiger partial charge in [0.05, 0.1) is 5.69 Å². The Morgan fingerprint density at radius 1 is 1.24 bits per heavy atom. The van der Waals surface area contributed by atoms with Crippen molar-refractivity contribution in [2.75, 3.05) is 5.32 Å². The molecule has 0 aromatic heterocycles. The van der Waals surface area contributed by atoms with Crippen molar-refractivity contribution in [3.63, 3.8) is 0 Å². The molecule has 0 saturated heterocycles. The highest BCUT2D eigenvalue weighted by atomic mass is 19.1. The van der Waals surface area contributed by atoms with Gasteiger partial charge in [-0.05, 0) is 42.0 Å². The Morgan fingerprint density at radius 3 is 2.57 bits per heavy atom. The number of carboxylic acid groups (broad SMARTS) is 1. The van der Waals surface area contributed by atoms with Gasteiger partial charge in [0.15, 0.2) is 0 Å². The number of carboxylic acids is 1. The van der Waals surface area contributed by atoms with E-state index in [1.165, 1.54) is 6.07 Å². The van der Waals surface area contributed by atoms with Crippen molar-refractivity contribution < 1.29 is 14.3 Å². The van der Waals surface area contributed by atoms with Gasteiger partial charge < -0.3 is 10.4 Å². The molecule has 0 spiro atoms. The molecule has 2 aromatic rings. The van der Waals surface area contributed by atoms with Crippen LogP contribution in [0.2, 0.25) is 0 Å². The molecule has 0 bridgehead atoms. The topological polar surface area (TPSA) is 49.3 Å². The lowest BCUT2D eigenvalue weighted by Crippen LogP contribution is -2.09. The van der Waals surface area contributed by atoms with Crippen LogP contribution >= 0.6 is 0 Å². The van der Waals surface area contributed by atoms with Crippen LogP contribution in [0.25, 0.3) is 0 Å². The van der Waals surface area contributed by atoms with Gasteiger partial charge in [0, 0.05) is 6.54 Å². The van der Waals surface area contributed by atoms with Gasteiger partial charge in [-0.25, -0.2) is 9.18 Å². The number of hydrogen-bond acceptors (Lipinski definition) is 2. The molecule has 1 fully saturated rings. The number of anilines is 1. The molecular formula is C17H16FNO2. The number of carbonyl (C=O) groups is 1. The Hall–Kier alpha value is -2.36. The predicted molar refractivity (Wildman–Crippen MR) is 79.1 cm³/mol. The van der Waals surface area contributed by atoms with E-state index in [4.69, 9.17) is 0 Å². The number of benzene rings is 2. The van der Waals surface area contributed by atoms with E-state index in [0.717, 1.165) is 24.0 Å². The van der Waals surface area contributed by atoms with Crippen LogP contribution in [0.15, 0.2) is 42.5 Å². The van der Waals surface area contributed by atoms with Crippen LogP contribution < -0.4 is 5.32 Å². The van der Waals surface area contributed by atoms with E-state index in [2.05, 4.69) is 5.32 Å². The monoisotopic (exact) mass is 285 g/mol. The van der Waals surface area contributed by atoms with E-state index in [1.807, 2.05) is 30.3 Å². The third-order valence-corrected chi connectivity index (χ3v) is 3.70. The molecule has 4 heteroatoms. The van der Waals surface area contributed by atoms with Crippen molar-refractivity contribution in [1.29, 1.82) is 0 Å². The van der Waals surface area contributed by atoms with E-state index in [9.17, 15) is 14.3 Å². The largest absolute Gasteiger partial charge is 0.478 e. The minimum Gasteiger partial charge on any atom is -0.478 e. The summed E-state index contributed by atoms with van der Waals surface area (Å²) in [4.78, 5) is 11.3. The summed E-state index contributed by atoms with van der Waals surface area (Å²) in [7, 11) is 0. The first kappa shape index (κ1) is 13.6. The molecule has 0 radical (unpaired) electrons. The molecule has 21 heavy (non-hydrogen) atoms. The molecular weight excluding hydrogens is 269 g/mol. The fourth-order valence-corrected chi connectivity index (χ4v) is 2.43. The average Bonchev–Trinajstić information content (AvgIpc) is 3.29. The van der Waals surface area contributed by atoms with Crippen molar-refractivity contribution in [3.8, 4) is 0 Å².